The zero-order valence-electron chi connectivity index (χ0n) is 6.45. The van der Waals surface area contributed by atoms with Crippen LogP contribution in [-0.2, 0) is 4.79 Å². The van der Waals surface area contributed by atoms with E-state index in [2.05, 4.69) is 5.32 Å². The molecule has 0 rings (SSSR count). The van der Waals surface area contributed by atoms with E-state index in [-0.39, 0.29) is 13.2 Å². The summed E-state index contributed by atoms with van der Waals surface area (Å²) in [6.45, 7) is 1.47. The predicted molar refractivity (Wildman–Crippen MR) is 39.8 cm³/mol. The second-order valence-corrected chi connectivity index (χ2v) is 2.28. The lowest BCUT2D eigenvalue weighted by atomic mass is 10.2. The number of aliphatic hydroxyl groups excluding tert-OH is 2. The normalized spacial score (nSPS) is 15.6. The lowest BCUT2D eigenvalue weighted by molar-refractivity contribution is -0.124. The lowest BCUT2D eigenvalue weighted by Crippen LogP contribution is -2.47. The molecule has 0 unspecified atom stereocenters. The van der Waals surface area contributed by atoms with Gasteiger partial charge in [-0.15, -0.1) is 0 Å². The molecule has 5 heteroatoms. The van der Waals surface area contributed by atoms with Crippen molar-refractivity contribution in [1.82, 2.24) is 5.32 Å². The minimum absolute atomic E-state index is 0.127. The average Bonchev–Trinajstić information content (AvgIpc) is 1.98. The van der Waals surface area contributed by atoms with Crippen molar-refractivity contribution in [3.8, 4) is 0 Å². The van der Waals surface area contributed by atoms with Crippen LogP contribution >= 0.6 is 0 Å². The van der Waals surface area contributed by atoms with E-state index in [1.165, 1.54) is 6.92 Å². The summed E-state index contributed by atoms with van der Waals surface area (Å²) in [7, 11) is 0. The number of carbonyl (C=O) groups is 1. The van der Waals surface area contributed by atoms with Crippen molar-refractivity contribution in [2.24, 2.45) is 5.73 Å². The largest absolute Gasteiger partial charge is 0.395 e. The molecule has 0 radical (unpaired) electrons. The highest BCUT2D eigenvalue weighted by molar-refractivity contribution is 5.81. The summed E-state index contributed by atoms with van der Waals surface area (Å²) in [4.78, 5) is 10.8. The SMILES string of the molecule is C[C@H](O)[C@@H](N)C(=O)NCCO. The number of rotatable bonds is 4. The first-order valence-electron chi connectivity index (χ1n) is 3.41. The average molecular weight is 162 g/mol. The first-order valence-corrected chi connectivity index (χ1v) is 3.41. The van der Waals surface area contributed by atoms with Crippen LogP contribution in [0.1, 0.15) is 6.92 Å². The van der Waals surface area contributed by atoms with Crippen LogP contribution in [0, 0.1) is 0 Å². The molecule has 0 aromatic carbocycles. The van der Waals surface area contributed by atoms with Crippen LogP contribution in [0.5, 0.6) is 0 Å². The Bertz CT molecular complexity index is 127. The van der Waals surface area contributed by atoms with E-state index < -0.39 is 18.1 Å². The van der Waals surface area contributed by atoms with E-state index in [1.807, 2.05) is 0 Å². The summed E-state index contributed by atoms with van der Waals surface area (Å²) in [5.41, 5.74) is 5.26. The fourth-order valence-corrected chi connectivity index (χ4v) is 0.516. The molecule has 0 saturated carbocycles. The van der Waals surface area contributed by atoms with Crippen molar-refractivity contribution in [2.45, 2.75) is 19.1 Å². The van der Waals surface area contributed by atoms with E-state index in [1.54, 1.807) is 0 Å². The van der Waals surface area contributed by atoms with Crippen molar-refractivity contribution >= 4 is 5.91 Å². The third kappa shape index (κ3) is 3.92. The lowest BCUT2D eigenvalue weighted by Gasteiger charge is -2.13. The zero-order chi connectivity index (χ0) is 8.85. The number of aliphatic hydroxyl groups is 2. The third-order valence-electron chi connectivity index (χ3n) is 1.23. The van der Waals surface area contributed by atoms with Crippen LogP contribution in [0.3, 0.4) is 0 Å². The molecule has 11 heavy (non-hydrogen) atoms. The molecule has 0 aliphatic carbocycles. The molecule has 0 bridgehead atoms. The van der Waals surface area contributed by atoms with Gasteiger partial charge >= 0.3 is 0 Å². The number of nitrogens with two attached hydrogens (primary N) is 1. The van der Waals surface area contributed by atoms with Crippen LogP contribution in [0.15, 0.2) is 0 Å². The molecule has 2 atom stereocenters. The smallest absolute Gasteiger partial charge is 0.239 e. The molecule has 0 aromatic heterocycles. The Labute approximate surface area is 65.2 Å². The highest BCUT2D eigenvalue weighted by Gasteiger charge is 2.17. The topological polar surface area (TPSA) is 95.6 Å². The summed E-state index contributed by atoms with van der Waals surface area (Å²) in [5, 5.41) is 19.5. The van der Waals surface area contributed by atoms with Crippen LogP contribution in [0.25, 0.3) is 0 Å². The standard InChI is InChI=1S/C6H14N2O3/c1-4(10)5(7)6(11)8-2-3-9/h4-5,9-10H,2-3,7H2,1H3,(H,8,11)/t4-,5+/m0/s1. The Kier molecular flexibility index (Phi) is 4.76. The van der Waals surface area contributed by atoms with E-state index in [0.29, 0.717) is 0 Å². The number of carbonyl (C=O) groups excluding carboxylic acids is 1. The molecule has 0 fully saturated rings. The molecule has 0 aromatic rings. The number of amides is 1. The van der Waals surface area contributed by atoms with Crippen molar-refractivity contribution < 1.29 is 15.0 Å². The second kappa shape index (κ2) is 5.06. The first-order chi connectivity index (χ1) is 5.09. The van der Waals surface area contributed by atoms with Gasteiger partial charge in [0.15, 0.2) is 0 Å². The summed E-state index contributed by atoms with van der Waals surface area (Å²) in [6.07, 6.45) is -0.867. The molecule has 5 N–H and O–H groups in total. The highest BCUT2D eigenvalue weighted by Crippen LogP contribution is 1.87. The van der Waals surface area contributed by atoms with Gasteiger partial charge in [-0.25, -0.2) is 0 Å². The quantitative estimate of drug-likeness (QED) is 0.377. The molecular formula is C6H14N2O3. The fraction of sp³-hybridized carbons (Fsp3) is 0.833. The molecule has 5 nitrogen and oxygen atoms in total. The summed E-state index contributed by atoms with van der Waals surface area (Å²) in [5.74, 6) is -0.450. The minimum atomic E-state index is -0.915. The van der Waals surface area contributed by atoms with E-state index in [9.17, 15) is 4.79 Å². The van der Waals surface area contributed by atoms with Gasteiger partial charge in [0, 0.05) is 6.54 Å². The van der Waals surface area contributed by atoms with Crippen LogP contribution < -0.4 is 11.1 Å². The Morgan fingerprint density at radius 2 is 2.27 bits per heavy atom. The van der Waals surface area contributed by atoms with Crippen molar-refractivity contribution in [2.75, 3.05) is 13.2 Å². The zero-order valence-corrected chi connectivity index (χ0v) is 6.45. The molecule has 0 saturated heterocycles. The minimum Gasteiger partial charge on any atom is -0.395 e. The third-order valence-corrected chi connectivity index (χ3v) is 1.23. The van der Waals surface area contributed by atoms with Gasteiger partial charge in [0.25, 0.3) is 0 Å². The van der Waals surface area contributed by atoms with Crippen LogP contribution in [-0.4, -0.2) is 41.4 Å². The summed E-state index contributed by atoms with van der Waals surface area (Å²) < 4.78 is 0. The van der Waals surface area contributed by atoms with E-state index in [0.717, 1.165) is 0 Å². The maximum atomic E-state index is 10.8. The predicted octanol–water partition coefficient (Wildman–Crippen LogP) is -2.20. The van der Waals surface area contributed by atoms with E-state index >= 15 is 0 Å². The van der Waals surface area contributed by atoms with Crippen LogP contribution in [0.4, 0.5) is 0 Å². The Hall–Kier alpha value is -0.650. The van der Waals surface area contributed by atoms with Crippen molar-refractivity contribution in [3.63, 3.8) is 0 Å². The Morgan fingerprint density at radius 3 is 2.64 bits per heavy atom. The Balaban J connectivity index is 3.64. The molecule has 0 aliphatic rings. The van der Waals surface area contributed by atoms with Crippen molar-refractivity contribution in [3.05, 3.63) is 0 Å². The molecule has 0 heterocycles. The fourth-order valence-electron chi connectivity index (χ4n) is 0.516. The summed E-state index contributed by atoms with van der Waals surface area (Å²) >= 11 is 0. The monoisotopic (exact) mass is 162 g/mol. The van der Waals surface area contributed by atoms with Gasteiger partial charge in [-0.05, 0) is 6.92 Å². The van der Waals surface area contributed by atoms with Gasteiger partial charge < -0.3 is 21.3 Å². The van der Waals surface area contributed by atoms with Crippen molar-refractivity contribution in [1.29, 1.82) is 0 Å². The first kappa shape index (κ1) is 10.3. The molecule has 1 amide bonds. The van der Waals surface area contributed by atoms with Crippen LogP contribution in [0.2, 0.25) is 0 Å². The summed E-state index contributed by atoms with van der Waals surface area (Å²) in [6, 6.07) is -0.915. The number of nitrogens with one attached hydrogen (secondary N) is 1. The maximum Gasteiger partial charge on any atom is 0.239 e. The molecule has 66 valence electrons. The second-order valence-electron chi connectivity index (χ2n) is 2.28. The number of hydrogen-bond donors (Lipinski definition) is 4. The molecule has 0 spiro atoms. The highest BCUT2D eigenvalue weighted by atomic mass is 16.3. The maximum absolute atomic E-state index is 10.8. The Morgan fingerprint density at radius 1 is 1.73 bits per heavy atom. The van der Waals surface area contributed by atoms with Gasteiger partial charge in [0.2, 0.25) is 5.91 Å². The van der Waals surface area contributed by atoms with Gasteiger partial charge in [0.1, 0.15) is 6.04 Å². The molecular weight excluding hydrogens is 148 g/mol. The van der Waals surface area contributed by atoms with E-state index in [4.69, 9.17) is 15.9 Å². The number of hydrogen-bond acceptors (Lipinski definition) is 4. The van der Waals surface area contributed by atoms with Gasteiger partial charge in [0.05, 0.1) is 12.7 Å². The van der Waals surface area contributed by atoms with Gasteiger partial charge in [-0.1, -0.05) is 0 Å². The molecule has 0 aliphatic heterocycles. The van der Waals surface area contributed by atoms with Gasteiger partial charge in [-0.3, -0.25) is 4.79 Å². The van der Waals surface area contributed by atoms with Gasteiger partial charge in [-0.2, -0.15) is 0 Å².